The van der Waals surface area contributed by atoms with Gasteiger partial charge in [0, 0.05) is 6.08 Å². The van der Waals surface area contributed by atoms with Crippen LogP contribution >= 0.6 is 0 Å². The van der Waals surface area contributed by atoms with E-state index in [9.17, 15) is 4.79 Å². The minimum atomic E-state index is -0.794. The SMILES string of the molecule is C/C(=C/C(=O)O)CCC1C2CC3CC(C2)CC1C3. The Kier molecular flexibility index (Phi) is 3.21. The minimum absolute atomic E-state index is 0.794. The predicted octanol–water partition coefficient (Wildman–Crippen LogP) is 3.87. The molecule has 2 heteroatoms. The van der Waals surface area contributed by atoms with E-state index < -0.39 is 5.97 Å². The number of hydrogen-bond donors (Lipinski definition) is 1. The summed E-state index contributed by atoms with van der Waals surface area (Å²) in [7, 11) is 0. The van der Waals surface area contributed by atoms with E-state index in [4.69, 9.17) is 5.11 Å². The zero-order valence-electron chi connectivity index (χ0n) is 11.3. The lowest BCUT2D eigenvalue weighted by Gasteiger charge is -2.54. The van der Waals surface area contributed by atoms with Crippen LogP contribution in [0.15, 0.2) is 11.6 Å². The lowest BCUT2D eigenvalue weighted by atomic mass is 9.51. The first-order valence-electron chi connectivity index (χ1n) is 7.52. The summed E-state index contributed by atoms with van der Waals surface area (Å²) in [6.07, 6.45) is 11.0. The minimum Gasteiger partial charge on any atom is -0.478 e. The van der Waals surface area contributed by atoms with Crippen molar-refractivity contribution >= 4 is 5.97 Å². The highest BCUT2D eigenvalue weighted by molar-refractivity contribution is 5.80. The standard InChI is InChI=1S/C16H24O2/c1-10(4-16(17)18)2-3-15-13-6-11-5-12(8-13)9-14(15)7-11/h4,11-15H,2-3,5-9H2,1H3,(H,17,18)/b10-4-. The van der Waals surface area contributed by atoms with Crippen LogP contribution < -0.4 is 0 Å². The summed E-state index contributed by atoms with van der Waals surface area (Å²) in [5.74, 6) is 4.13. The third-order valence-electron chi connectivity index (χ3n) is 5.66. The van der Waals surface area contributed by atoms with Gasteiger partial charge in [0.15, 0.2) is 0 Å². The molecule has 0 unspecified atom stereocenters. The van der Waals surface area contributed by atoms with Gasteiger partial charge in [0.2, 0.25) is 0 Å². The van der Waals surface area contributed by atoms with E-state index >= 15 is 0 Å². The molecule has 18 heavy (non-hydrogen) atoms. The molecule has 100 valence electrons. The van der Waals surface area contributed by atoms with E-state index in [-0.39, 0.29) is 0 Å². The van der Waals surface area contributed by atoms with Gasteiger partial charge in [0.25, 0.3) is 0 Å². The van der Waals surface area contributed by atoms with Gasteiger partial charge < -0.3 is 5.11 Å². The van der Waals surface area contributed by atoms with Crippen LogP contribution in [0.25, 0.3) is 0 Å². The highest BCUT2D eigenvalue weighted by Gasteiger charge is 2.47. The van der Waals surface area contributed by atoms with Crippen molar-refractivity contribution in [3.05, 3.63) is 11.6 Å². The quantitative estimate of drug-likeness (QED) is 0.767. The van der Waals surface area contributed by atoms with Crippen molar-refractivity contribution in [2.24, 2.45) is 29.6 Å². The second kappa shape index (κ2) is 4.71. The third-order valence-corrected chi connectivity index (χ3v) is 5.66. The topological polar surface area (TPSA) is 37.3 Å². The van der Waals surface area contributed by atoms with Gasteiger partial charge in [-0.25, -0.2) is 4.79 Å². The normalized spacial score (nSPS) is 42.3. The summed E-state index contributed by atoms with van der Waals surface area (Å²) >= 11 is 0. The van der Waals surface area contributed by atoms with Crippen LogP contribution in [0, 0.1) is 29.6 Å². The highest BCUT2D eigenvalue weighted by atomic mass is 16.4. The van der Waals surface area contributed by atoms with Crippen molar-refractivity contribution in [1.82, 2.24) is 0 Å². The van der Waals surface area contributed by atoms with Gasteiger partial charge in [-0.1, -0.05) is 5.57 Å². The van der Waals surface area contributed by atoms with Gasteiger partial charge in [-0.3, -0.25) is 0 Å². The first kappa shape index (κ1) is 12.3. The van der Waals surface area contributed by atoms with E-state index in [0.717, 1.165) is 41.6 Å². The van der Waals surface area contributed by atoms with Crippen molar-refractivity contribution in [3.8, 4) is 0 Å². The number of aliphatic carboxylic acids is 1. The Morgan fingerprint density at radius 2 is 1.67 bits per heavy atom. The summed E-state index contributed by atoms with van der Waals surface area (Å²) in [5.41, 5.74) is 1.04. The van der Waals surface area contributed by atoms with Gasteiger partial charge in [-0.2, -0.15) is 0 Å². The van der Waals surface area contributed by atoms with Gasteiger partial charge >= 0.3 is 5.97 Å². The second-order valence-electron chi connectivity index (χ2n) is 6.96. The lowest BCUT2D eigenvalue weighted by Crippen LogP contribution is -2.44. The molecule has 0 aromatic heterocycles. The maximum atomic E-state index is 10.6. The number of rotatable bonds is 4. The molecule has 0 amide bonds. The lowest BCUT2D eigenvalue weighted by molar-refractivity contribution is -0.131. The molecule has 0 atom stereocenters. The Hall–Kier alpha value is -0.790. The van der Waals surface area contributed by atoms with Crippen LogP contribution in [-0.2, 0) is 4.79 Å². The molecule has 4 rings (SSSR count). The molecule has 0 radical (unpaired) electrons. The van der Waals surface area contributed by atoms with Crippen LogP contribution in [0.2, 0.25) is 0 Å². The number of carbonyl (C=O) groups is 1. The molecular formula is C16H24O2. The molecule has 4 aliphatic carbocycles. The monoisotopic (exact) mass is 248 g/mol. The van der Waals surface area contributed by atoms with E-state index in [2.05, 4.69) is 0 Å². The molecule has 0 saturated heterocycles. The summed E-state index contributed by atoms with van der Waals surface area (Å²) in [5, 5.41) is 8.75. The average Bonchev–Trinajstić information content (AvgIpc) is 2.25. The fourth-order valence-corrected chi connectivity index (χ4v) is 5.19. The maximum Gasteiger partial charge on any atom is 0.328 e. The van der Waals surface area contributed by atoms with E-state index in [1.54, 1.807) is 0 Å². The third kappa shape index (κ3) is 2.34. The molecule has 0 aromatic rings. The number of hydrogen-bond acceptors (Lipinski definition) is 1. The molecule has 0 aromatic carbocycles. The van der Waals surface area contributed by atoms with Gasteiger partial charge in [0.05, 0.1) is 0 Å². The average molecular weight is 248 g/mol. The number of carboxylic acid groups (broad SMARTS) is 1. The van der Waals surface area contributed by atoms with Gasteiger partial charge in [-0.15, -0.1) is 0 Å². The van der Waals surface area contributed by atoms with Gasteiger partial charge in [-0.05, 0) is 81.5 Å². The zero-order chi connectivity index (χ0) is 12.7. The van der Waals surface area contributed by atoms with Gasteiger partial charge in [0.1, 0.15) is 0 Å². The molecule has 0 spiro atoms. The molecule has 4 saturated carbocycles. The van der Waals surface area contributed by atoms with Crippen LogP contribution in [0.3, 0.4) is 0 Å². The predicted molar refractivity (Wildman–Crippen MR) is 71.2 cm³/mol. The molecule has 4 fully saturated rings. The van der Waals surface area contributed by atoms with Crippen molar-refractivity contribution in [1.29, 1.82) is 0 Å². The Morgan fingerprint density at radius 1 is 1.11 bits per heavy atom. The van der Waals surface area contributed by atoms with Crippen molar-refractivity contribution in [2.75, 3.05) is 0 Å². The molecule has 4 bridgehead atoms. The molecular weight excluding hydrogens is 224 g/mol. The van der Waals surface area contributed by atoms with Crippen molar-refractivity contribution in [2.45, 2.75) is 51.9 Å². The van der Waals surface area contributed by atoms with Crippen LogP contribution in [0.5, 0.6) is 0 Å². The van der Waals surface area contributed by atoms with Crippen molar-refractivity contribution in [3.63, 3.8) is 0 Å². The molecule has 0 heterocycles. The fourth-order valence-electron chi connectivity index (χ4n) is 5.19. The Balaban J connectivity index is 1.59. The Morgan fingerprint density at radius 3 is 2.17 bits per heavy atom. The van der Waals surface area contributed by atoms with Crippen LogP contribution in [0.1, 0.15) is 51.9 Å². The summed E-state index contributed by atoms with van der Waals surface area (Å²) < 4.78 is 0. The summed E-state index contributed by atoms with van der Waals surface area (Å²) in [6, 6.07) is 0. The van der Waals surface area contributed by atoms with Crippen LogP contribution in [-0.4, -0.2) is 11.1 Å². The smallest absolute Gasteiger partial charge is 0.328 e. The molecule has 0 aliphatic heterocycles. The van der Waals surface area contributed by atoms with E-state index in [1.165, 1.54) is 44.6 Å². The summed E-state index contributed by atoms with van der Waals surface area (Å²) in [6.45, 7) is 1.96. The van der Waals surface area contributed by atoms with E-state index in [0.29, 0.717) is 0 Å². The molecule has 1 N–H and O–H groups in total. The maximum absolute atomic E-state index is 10.6. The van der Waals surface area contributed by atoms with E-state index in [1.807, 2.05) is 6.92 Å². The Labute approximate surface area is 109 Å². The fraction of sp³-hybridized carbons (Fsp3) is 0.812. The summed E-state index contributed by atoms with van der Waals surface area (Å²) in [4.78, 5) is 10.6. The largest absolute Gasteiger partial charge is 0.478 e. The Bertz CT molecular complexity index is 341. The first-order chi connectivity index (χ1) is 8.61. The van der Waals surface area contributed by atoms with Crippen molar-refractivity contribution < 1.29 is 9.90 Å². The molecule has 2 nitrogen and oxygen atoms in total. The highest BCUT2D eigenvalue weighted by Crippen LogP contribution is 2.57. The first-order valence-corrected chi connectivity index (χ1v) is 7.52. The molecule has 4 aliphatic rings. The number of carboxylic acids is 1. The second-order valence-corrected chi connectivity index (χ2v) is 6.96. The number of allylic oxidation sites excluding steroid dienone is 1. The van der Waals surface area contributed by atoms with Crippen LogP contribution in [0.4, 0.5) is 0 Å². The zero-order valence-corrected chi connectivity index (χ0v) is 11.3.